The quantitative estimate of drug-likeness (QED) is 0.832. The van der Waals surface area contributed by atoms with E-state index in [-0.39, 0.29) is 11.8 Å². The van der Waals surface area contributed by atoms with Crippen LogP contribution in [0.3, 0.4) is 0 Å². The van der Waals surface area contributed by atoms with Gasteiger partial charge in [0.15, 0.2) is 0 Å². The van der Waals surface area contributed by atoms with E-state index in [2.05, 4.69) is 19.8 Å². The molecule has 1 aromatic carbocycles. The Morgan fingerprint density at radius 1 is 1.35 bits per heavy atom. The van der Waals surface area contributed by atoms with Crippen LogP contribution in [-0.2, 0) is 11.3 Å². The molecule has 104 valence electrons. The van der Waals surface area contributed by atoms with Crippen LogP contribution in [0.1, 0.15) is 12.6 Å². The minimum atomic E-state index is -0.0766. The van der Waals surface area contributed by atoms with Gasteiger partial charge in [-0.1, -0.05) is 29.4 Å². The van der Waals surface area contributed by atoms with Gasteiger partial charge in [-0.15, -0.1) is 0 Å². The molecule has 0 saturated heterocycles. The summed E-state index contributed by atoms with van der Waals surface area (Å²) in [6.07, 6.45) is 1.60. The molecule has 0 bridgehead atoms. The lowest BCUT2D eigenvalue weighted by molar-refractivity contribution is -0.121. The summed E-state index contributed by atoms with van der Waals surface area (Å²) in [6.45, 7) is 3.16. The maximum atomic E-state index is 12.3. The number of carbonyl (C=O) groups excluding carboxylic acids is 1. The summed E-state index contributed by atoms with van der Waals surface area (Å²) in [5.74, 6) is 0.0467. The van der Waals surface area contributed by atoms with E-state index in [0.717, 1.165) is 17.1 Å². The fraction of sp³-hybridized carbons (Fsp3) is 0.357. The highest BCUT2D eigenvalue weighted by Gasteiger charge is 2.29. The molecular formula is C14H16N4O2. The van der Waals surface area contributed by atoms with Gasteiger partial charge in [0.2, 0.25) is 5.91 Å². The van der Waals surface area contributed by atoms with Crippen LogP contribution in [0.5, 0.6) is 0 Å². The number of fused-ring (bicyclic) bond motifs is 1. The maximum Gasteiger partial charge on any atom is 0.231 e. The molecule has 1 aliphatic heterocycles. The first-order chi connectivity index (χ1) is 9.66. The Morgan fingerprint density at radius 2 is 2.10 bits per heavy atom. The fourth-order valence-electron chi connectivity index (χ4n) is 2.57. The molecule has 0 radical (unpaired) electrons. The van der Waals surface area contributed by atoms with Crippen LogP contribution in [0, 0.1) is 5.92 Å². The third-order valence-corrected chi connectivity index (χ3v) is 3.59. The standard InChI is InChI=1S/C14H16N4O2/c1-10-8-18(9-11-7-15-20-16-11)13-6-4-3-5-12(13)17(2)14(10)19/h3-7,10H,8-9H2,1-2H3. The summed E-state index contributed by atoms with van der Waals surface area (Å²) in [7, 11) is 1.82. The second-order valence-electron chi connectivity index (χ2n) is 5.07. The van der Waals surface area contributed by atoms with Crippen LogP contribution in [0.15, 0.2) is 35.1 Å². The molecule has 6 heteroatoms. The van der Waals surface area contributed by atoms with Gasteiger partial charge in [0.1, 0.15) is 5.69 Å². The van der Waals surface area contributed by atoms with Crippen molar-refractivity contribution in [2.75, 3.05) is 23.4 Å². The van der Waals surface area contributed by atoms with Crippen LogP contribution in [0.25, 0.3) is 0 Å². The molecule has 2 heterocycles. The number of rotatable bonds is 2. The van der Waals surface area contributed by atoms with Gasteiger partial charge in [-0.3, -0.25) is 4.79 Å². The van der Waals surface area contributed by atoms with Crippen LogP contribution < -0.4 is 9.80 Å². The number of benzene rings is 1. The van der Waals surface area contributed by atoms with Crippen molar-refractivity contribution in [3.8, 4) is 0 Å². The van der Waals surface area contributed by atoms with E-state index in [1.165, 1.54) is 0 Å². The summed E-state index contributed by atoms with van der Waals surface area (Å²) < 4.78 is 4.64. The highest BCUT2D eigenvalue weighted by atomic mass is 16.6. The second-order valence-corrected chi connectivity index (χ2v) is 5.07. The predicted octanol–water partition coefficient (Wildman–Crippen LogP) is 1.69. The van der Waals surface area contributed by atoms with Gasteiger partial charge in [0.25, 0.3) is 0 Å². The van der Waals surface area contributed by atoms with Gasteiger partial charge < -0.3 is 9.80 Å². The van der Waals surface area contributed by atoms with E-state index in [0.29, 0.717) is 13.1 Å². The first-order valence-corrected chi connectivity index (χ1v) is 6.55. The van der Waals surface area contributed by atoms with E-state index in [9.17, 15) is 4.79 Å². The first kappa shape index (κ1) is 12.7. The first-order valence-electron chi connectivity index (χ1n) is 6.55. The highest BCUT2D eigenvalue weighted by Crippen LogP contribution is 2.33. The second kappa shape index (κ2) is 4.96. The maximum absolute atomic E-state index is 12.3. The number of amides is 1. The van der Waals surface area contributed by atoms with Gasteiger partial charge in [-0.2, -0.15) is 0 Å². The van der Waals surface area contributed by atoms with Gasteiger partial charge >= 0.3 is 0 Å². The third kappa shape index (κ3) is 2.13. The molecule has 1 aliphatic rings. The van der Waals surface area contributed by atoms with Crippen molar-refractivity contribution < 1.29 is 9.42 Å². The van der Waals surface area contributed by atoms with Crippen LogP contribution in [-0.4, -0.2) is 29.8 Å². The smallest absolute Gasteiger partial charge is 0.231 e. The van der Waals surface area contributed by atoms with E-state index >= 15 is 0 Å². The minimum Gasteiger partial charge on any atom is -0.363 e. The number of anilines is 2. The van der Waals surface area contributed by atoms with Crippen molar-refractivity contribution >= 4 is 17.3 Å². The lowest BCUT2D eigenvalue weighted by Crippen LogP contribution is -2.34. The predicted molar refractivity (Wildman–Crippen MR) is 74.4 cm³/mol. The molecular weight excluding hydrogens is 256 g/mol. The normalized spacial score (nSPS) is 18.9. The molecule has 0 fully saturated rings. The van der Waals surface area contributed by atoms with Gasteiger partial charge in [0, 0.05) is 13.6 Å². The Labute approximate surface area is 116 Å². The van der Waals surface area contributed by atoms with E-state index in [1.54, 1.807) is 11.1 Å². The van der Waals surface area contributed by atoms with Gasteiger partial charge in [0.05, 0.1) is 30.0 Å². The minimum absolute atomic E-state index is 0.0766. The van der Waals surface area contributed by atoms with Crippen molar-refractivity contribution in [3.05, 3.63) is 36.2 Å². The molecule has 20 heavy (non-hydrogen) atoms. The molecule has 0 N–H and O–H groups in total. The van der Waals surface area contributed by atoms with E-state index in [1.807, 2.05) is 38.2 Å². The van der Waals surface area contributed by atoms with Crippen molar-refractivity contribution in [2.24, 2.45) is 5.92 Å². The third-order valence-electron chi connectivity index (χ3n) is 3.59. The lowest BCUT2D eigenvalue weighted by atomic mass is 10.1. The Hall–Kier alpha value is -2.37. The molecule has 0 aliphatic carbocycles. The van der Waals surface area contributed by atoms with Crippen LogP contribution in [0.4, 0.5) is 11.4 Å². The molecule has 0 saturated carbocycles. The number of hydrogen-bond acceptors (Lipinski definition) is 5. The molecule has 2 aromatic rings. The van der Waals surface area contributed by atoms with Crippen molar-refractivity contribution in [1.29, 1.82) is 0 Å². The molecule has 1 unspecified atom stereocenters. The van der Waals surface area contributed by atoms with Gasteiger partial charge in [-0.25, -0.2) is 4.63 Å². The van der Waals surface area contributed by atoms with Crippen molar-refractivity contribution in [3.63, 3.8) is 0 Å². The number of carbonyl (C=O) groups is 1. The fourth-order valence-corrected chi connectivity index (χ4v) is 2.57. The summed E-state index contributed by atoms with van der Waals surface area (Å²) in [5, 5.41) is 7.48. The Morgan fingerprint density at radius 3 is 2.80 bits per heavy atom. The molecule has 1 aromatic heterocycles. The molecule has 1 atom stereocenters. The van der Waals surface area contributed by atoms with Gasteiger partial charge in [-0.05, 0) is 12.1 Å². The lowest BCUT2D eigenvalue weighted by Gasteiger charge is -2.24. The zero-order valence-electron chi connectivity index (χ0n) is 11.5. The summed E-state index contributed by atoms with van der Waals surface area (Å²) in [4.78, 5) is 16.2. The largest absolute Gasteiger partial charge is 0.363 e. The van der Waals surface area contributed by atoms with E-state index in [4.69, 9.17) is 0 Å². The SMILES string of the molecule is CC1CN(Cc2cnon2)c2ccccc2N(C)C1=O. The number of aromatic nitrogens is 2. The molecule has 6 nitrogen and oxygen atoms in total. The van der Waals surface area contributed by atoms with Crippen LogP contribution >= 0.6 is 0 Å². The Kier molecular flexibility index (Phi) is 3.14. The zero-order chi connectivity index (χ0) is 14.1. The Balaban J connectivity index is 2.00. The average Bonchev–Trinajstić information content (AvgIpc) is 2.95. The zero-order valence-corrected chi connectivity index (χ0v) is 11.5. The summed E-state index contributed by atoms with van der Waals surface area (Å²) in [6, 6.07) is 7.89. The molecule has 0 spiro atoms. The topological polar surface area (TPSA) is 62.5 Å². The number of hydrogen-bond donors (Lipinski definition) is 0. The molecule has 1 amide bonds. The average molecular weight is 272 g/mol. The van der Waals surface area contributed by atoms with Crippen molar-refractivity contribution in [2.45, 2.75) is 13.5 Å². The molecule has 3 rings (SSSR count). The summed E-state index contributed by atoms with van der Waals surface area (Å²) in [5.41, 5.74) is 2.69. The van der Waals surface area contributed by atoms with Crippen molar-refractivity contribution in [1.82, 2.24) is 10.3 Å². The number of para-hydroxylation sites is 2. The van der Waals surface area contributed by atoms with Crippen LogP contribution in [0.2, 0.25) is 0 Å². The summed E-state index contributed by atoms with van der Waals surface area (Å²) >= 11 is 0. The van der Waals surface area contributed by atoms with E-state index < -0.39 is 0 Å². The monoisotopic (exact) mass is 272 g/mol. The number of nitrogens with zero attached hydrogens (tertiary/aromatic N) is 4. The Bertz CT molecular complexity index is 611. The highest BCUT2D eigenvalue weighted by molar-refractivity contribution is 5.99.